The second-order valence-corrected chi connectivity index (χ2v) is 10.4. The fraction of sp³-hybridized carbons (Fsp3) is 0.632. The summed E-state index contributed by atoms with van der Waals surface area (Å²) in [6.45, 7) is 8.39. The van der Waals surface area contributed by atoms with Crippen LogP contribution in [0.25, 0.3) is 0 Å². The molecule has 2 rings (SSSR count). The number of hydrogen-bond donors (Lipinski definition) is 1. The molecule has 8 heteroatoms. The van der Waals surface area contributed by atoms with E-state index in [1.54, 1.807) is 31.3 Å². The maximum Gasteiger partial charge on any atom is 0.193 e. The third kappa shape index (κ3) is 7.12. The molecule has 1 aromatic carbocycles. The number of thioether (sulfide) groups is 1. The lowest BCUT2D eigenvalue weighted by Crippen LogP contribution is -2.52. The topological polar surface area (TPSA) is 61.8 Å². The van der Waals surface area contributed by atoms with Crippen molar-refractivity contribution in [2.45, 2.75) is 43.4 Å². The highest BCUT2D eigenvalue weighted by atomic mass is 127. The van der Waals surface area contributed by atoms with Gasteiger partial charge in [0.2, 0.25) is 0 Å². The summed E-state index contributed by atoms with van der Waals surface area (Å²) in [5.74, 6) is 2.57. The van der Waals surface area contributed by atoms with Crippen molar-refractivity contribution in [3.05, 3.63) is 30.3 Å². The number of nitrogens with zero attached hydrogens (tertiary/aromatic N) is 2. The molecule has 5 nitrogen and oxygen atoms in total. The van der Waals surface area contributed by atoms with Crippen molar-refractivity contribution in [2.75, 3.05) is 31.6 Å². The summed E-state index contributed by atoms with van der Waals surface area (Å²) in [5, 5.41) is 3.98. The van der Waals surface area contributed by atoms with E-state index in [1.807, 2.05) is 24.8 Å². The Balaban J connectivity index is 0.00000364. The largest absolute Gasteiger partial charge is 0.352 e. The van der Waals surface area contributed by atoms with E-state index >= 15 is 0 Å². The van der Waals surface area contributed by atoms with Crippen molar-refractivity contribution in [2.24, 2.45) is 10.9 Å². The average molecular weight is 526 g/mol. The number of aliphatic imine (C=N–C) groups is 1. The van der Waals surface area contributed by atoms with Crippen LogP contribution in [0.5, 0.6) is 0 Å². The van der Waals surface area contributed by atoms with Gasteiger partial charge in [-0.15, -0.1) is 24.0 Å². The van der Waals surface area contributed by atoms with Crippen LogP contribution in [0.4, 0.5) is 0 Å². The summed E-state index contributed by atoms with van der Waals surface area (Å²) < 4.78 is 25.4. The lowest BCUT2D eigenvalue weighted by atomic mass is 10.1. The normalized spacial score (nSPS) is 19.5. The lowest BCUT2D eigenvalue weighted by Gasteiger charge is -2.37. The van der Waals surface area contributed by atoms with Crippen LogP contribution >= 0.6 is 35.7 Å². The zero-order chi connectivity index (χ0) is 19.2. The number of hydrogen-bond acceptors (Lipinski definition) is 4. The molecule has 0 saturated carbocycles. The second kappa shape index (κ2) is 11.5. The Morgan fingerprint density at radius 2 is 2.00 bits per heavy atom. The van der Waals surface area contributed by atoms with Gasteiger partial charge in [-0.25, -0.2) is 8.42 Å². The third-order valence-corrected chi connectivity index (χ3v) is 8.07. The SMILES string of the molecule is CCC(CS(=O)(=O)c1ccccc1)NC(=NC)N1CCSC(C(C)C)C1.I. The molecule has 0 aliphatic carbocycles. The van der Waals surface area contributed by atoms with Gasteiger partial charge in [-0.1, -0.05) is 39.0 Å². The molecule has 1 aliphatic rings. The average Bonchev–Trinajstić information content (AvgIpc) is 2.65. The van der Waals surface area contributed by atoms with E-state index in [2.05, 4.69) is 29.1 Å². The highest BCUT2D eigenvalue weighted by Crippen LogP contribution is 2.25. The fourth-order valence-corrected chi connectivity index (χ4v) is 5.91. The first-order valence-electron chi connectivity index (χ1n) is 9.25. The van der Waals surface area contributed by atoms with Gasteiger partial charge >= 0.3 is 0 Å². The molecule has 1 N–H and O–H groups in total. The minimum absolute atomic E-state index is 0. The number of halogens is 1. The Morgan fingerprint density at radius 3 is 2.56 bits per heavy atom. The van der Waals surface area contributed by atoms with E-state index in [-0.39, 0.29) is 35.8 Å². The van der Waals surface area contributed by atoms with Crippen molar-refractivity contribution in [1.82, 2.24) is 10.2 Å². The molecule has 1 heterocycles. The Kier molecular flexibility index (Phi) is 10.5. The van der Waals surface area contributed by atoms with Crippen molar-refractivity contribution in [1.29, 1.82) is 0 Å². The van der Waals surface area contributed by atoms with Crippen LogP contribution in [-0.2, 0) is 9.84 Å². The smallest absolute Gasteiger partial charge is 0.193 e. The Labute approximate surface area is 185 Å². The second-order valence-electron chi connectivity index (χ2n) is 6.99. The Hall–Kier alpha value is -0.480. The molecule has 0 amide bonds. The predicted molar refractivity (Wildman–Crippen MR) is 127 cm³/mol. The zero-order valence-electron chi connectivity index (χ0n) is 16.6. The van der Waals surface area contributed by atoms with Gasteiger partial charge in [-0.3, -0.25) is 4.99 Å². The summed E-state index contributed by atoms with van der Waals surface area (Å²) in [6, 6.07) is 8.51. The van der Waals surface area contributed by atoms with Crippen molar-refractivity contribution in [3.8, 4) is 0 Å². The first-order valence-corrected chi connectivity index (χ1v) is 11.9. The van der Waals surface area contributed by atoms with Crippen LogP contribution < -0.4 is 5.32 Å². The zero-order valence-corrected chi connectivity index (χ0v) is 20.6. The molecule has 0 bridgehead atoms. The molecule has 1 fully saturated rings. The highest BCUT2D eigenvalue weighted by molar-refractivity contribution is 14.0. The maximum absolute atomic E-state index is 12.7. The molecule has 0 radical (unpaired) electrons. The van der Waals surface area contributed by atoms with Crippen LogP contribution in [0.3, 0.4) is 0 Å². The number of rotatable bonds is 6. The lowest BCUT2D eigenvalue weighted by molar-refractivity contribution is 0.375. The molecule has 1 aliphatic heterocycles. The molecule has 0 aromatic heterocycles. The van der Waals surface area contributed by atoms with E-state index in [9.17, 15) is 8.42 Å². The first kappa shape index (κ1) is 24.6. The maximum atomic E-state index is 12.7. The molecule has 2 unspecified atom stereocenters. The van der Waals surface area contributed by atoms with E-state index in [0.717, 1.165) is 31.2 Å². The van der Waals surface area contributed by atoms with Gasteiger partial charge < -0.3 is 10.2 Å². The van der Waals surface area contributed by atoms with Crippen LogP contribution in [0, 0.1) is 5.92 Å². The van der Waals surface area contributed by atoms with Crippen LogP contribution in [0.2, 0.25) is 0 Å². The molecular formula is C19H32IN3O2S2. The number of nitrogens with one attached hydrogen (secondary N) is 1. The van der Waals surface area contributed by atoms with E-state index in [1.165, 1.54) is 0 Å². The summed E-state index contributed by atoms with van der Waals surface area (Å²) in [7, 11) is -1.55. The first-order chi connectivity index (χ1) is 12.4. The Morgan fingerprint density at radius 1 is 1.33 bits per heavy atom. The molecular weight excluding hydrogens is 493 g/mol. The number of benzene rings is 1. The molecule has 1 aromatic rings. The highest BCUT2D eigenvalue weighted by Gasteiger charge is 2.27. The summed E-state index contributed by atoms with van der Waals surface area (Å²) in [4.78, 5) is 7.07. The van der Waals surface area contributed by atoms with Crippen molar-refractivity contribution < 1.29 is 8.42 Å². The minimum Gasteiger partial charge on any atom is -0.352 e. The van der Waals surface area contributed by atoms with Gasteiger partial charge in [0.1, 0.15) is 0 Å². The predicted octanol–water partition coefficient (Wildman–Crippen LogP) is 3.51. The molecule has 27 heavy (non-hydrogen) atoms. The molecule has 2 atom stereocenters. The minimum atomic E-state index is -3.32. The monoisotopic (exact) mass is 525 g/mol. The van der Waals surface area contributed by atoms with E-state index in [4.69, 9.17) is 0 Å². The fourth-order valence-electron chi connectivity index (χ4n) is 3.00. The molecule has 1 saturated heterocycles. The van der Waals surface area contributed by atoms with Crippen molar-refractivity contribution >= 4 is 51.5 Å². The van der Waals surface area contributed by atoms with Crippen LogP contribution in [0.15, 0.2) is 40.2 Å². The third-order valence-electron chi connectivity index (χ3n) is 4.70. The van der Waals surface area contributed by atoms with Gasteiger partial charge in [-0.2, -0.15) is 11.8 Å². The van der Waals surface area contributed by atoms with Gasteiger partial charge in [-0.05, 0) is 24.5 Å². The summed E-state index contributed by atoms with van der Waals surface area (Å²) in [6.07, 6.45) is 0.723. The molecule has 0 spiro atoms. The summed E-state index contributed by atoms with van der Waals surface area (Å²) >= 11 is 2.01. The van der Waals surface area contributed by atoms with Crippen LogP contribution in [0.1, 0.15) is 27.2 Å². The van der Waals surface area contributed by atoms with E-state index in [0.29, 0.717) is 16.1 Å². The van der Waals surface area contributed by atoms with Gasteiger partial charge in [0, 0.05) is 37.2 Å². The van der Waals surface area contributed by atoms with Crippen molar-refractivity contribution in [3.63, 3.8) is 0 Å². The standard InChI is InChI=1S/C19H31N3O2S2.HI/c1-5-16(14-26(23,24)17-9-7-6-8-10-17)21-19(20-4)22-11-12-25-18(13-22)15(2)3;/h6-10,15-16,18H,5,11-14H2,1-4H3,(H,20,21);1H. The molecule has 154 valence electrons. The van der Waals surface area contributed by atoms with Gasteiger partial charge in [0.25, 0.3) is 0 Å². The van der Waals surface area contributed by atoms with E-state index < -0.39 is 9.84 Å². The Bertz CT molecular complexity index is 696. The number of sulfone groups is 1. The quantitative estimate of drug-likeness (QED) is 0.350. The van der Waals surface area contributed by atoms with Gasteiger partial charge in [0.15, 0.2) is 15.8 Å². The van der Waals surface area contributed by atoms with Crippen LogP contribution in [-0.4, -0.2) is 62.2 Å². The summed E-state index contributed by atoms with van der Waals surface area (Å²) in [5.41, 5.74) is 0. The number of guanidine groups is 1. The van der Waals surface area contributed by atoms with Gasteiger partial charge in [0.05, 0.1) is 10.6 Å².